The SMILES string of the molecule is C=N/C(=C\C=C(/C)c1cc(OCCN2CCN(C)CC2)cn2ncc(C#N)c12)N1CCN(C(=O)[C@H](O)C(C)C)CC1. The second-order valence-electron chi connectivity index (χ2n) is 11.1. The predicted octanol–water partition coefficient (Wildman–Crippen LogP) is 1.94. The van der Waals surface area contributed by atoms with Crippen LogP contribution in [0, 0.1) is 17.2 Å². The summed E-state index contributed by atoms with van der Waals surface area (Å²) in [6, 6.07) is 4.21. The van der Waals surface area contributed by atoms with Crippen molar-refractivity contribution in [2.75, 3.05) is 72.6 Å². The van der Waals surface area contributed by atoms with Gasteiger partial charge in [0.05, 0.1) is 23.5 Å². The lowest BCUT2D eigenvalue weighted by molar-refractivity contribution is -0.143. The summed E-state index contributed by atoms with van der Waals surface area (Å²) in [5, 5.41) is 24.3. The highest BCUT2D eigenvalue weighted by atomic mass is 16.5. The molecule has 41 heavy (non-hydrogen) atoms. The number of likely N-dealkylation sites (N-methyl/N-ethyl adjacent to an activating group) is 1. The monoisotopic (exact) mass is 562 g/mol. The summed E-state index contributed by atoms with van der Waals surface area (Å²) in [7, 11) is 2.15. The van der Waals surface area contributed by atoms with Crippen LogP contribution in [-0.4, -0.2) is 126 Å². The number of amides is 1. The molecule has 2 aliphatic heterocycles. The number of aliphatic imine (C=N–C) groups is 1. The highest BCUT2D eigenvalue weighted by molar-refractivity contribution is 5.82. The van der Waals surface area contributed by atoms with E-state index < -0.39 is 6.10 Å². The van der Waals surface area contributed by atoms with Crippen molar-refractivity contribution in [3.05, 3.63) is 47.6 Å². The number of rotatable bonds is 10. The minimum atomic E-state index is -0.982. The van der Waals surface area contributed by atoms with Gasteiger partial charge >= 0.3 is 0 Å². The van der Waals surface area contributed by atoms with Crippen LogP contribution in [0.3, 0.4) is 0 Å². The van der Waals surface area contributed by atoms with Gasteiger partial charge in [0.15, 0.2) is 0 Å². The fourth-order valence-corrected chi connectivity index (χ4v) is 5.10. The molecule has 2 aromatic rings. The maximum Gasteiger partial charge on any atom is 0.251 e. The van der Waals surface area contributed by atoms with E-state index in [1.54, 1.807) is 15.6 Å². The average Bonchev–Trinajstić information content (AvgIpc) is 3.40. The zero-order valence-corrected chi connectivity index (χ0v) is 24.7. The molecule has 4 rings (SSSR count). The molecule has 1 N–H and O–H groups in total. The van der Waals surface area contributed by atoms with Crippen LogP contribution in [0.25, 0.3) is 11.1 Å². The molecule has 2 aromatic heterocycles. The van der Waals surface area contributed by atoms with Gasteiger partial charge in [0, 0.05) is 64.5 Å². The quantitative estimate of drug-likeness (QED) is 0.345. The minimum Gasteiger partial charge on any atom is -0.491 e. The first kappa shape index (κ1) is 30.2. The van der Waals surface area contributed by atoms with Gasteiger partial charge in [-0.15, -0.1) is 0 Å². The molecule has 0 unspecified atom stereocenters. The van der Waals surface area contributed by atoms with Crippen molar-refractivity contribution in [2.45, 2.75) is 26.9 Å². The van der Waals surface area contributed by atoms with Gasteiger partial charge in [-0.25, -0.2) is 9.51 Å². The molecule has 4 heterocycles. The maximum absolute atomic E-state index is 12.5. The number of aliphatic hydroxyl groups excluding tert-OH is 1. The van der Waals surface area contributed by atoms with Crippen molar-refractivity contribution in [2.24, 2.45) is 10.9 Å². The minimum absolute atomic E-state index is 0.122. The summed E-state index contributed by atoms with van der Waals surface area (Å²) >= 11 is 0. The van der Waals surface area contributed by atoms with Crippen LogP contribution in [0.4, 0.5) is 0 Å². The van der Waals surface area contributed by atoms with Crippen LogP contribution in [0.15, 0.2) is 41.4 Å². The second-order valence-corrected chi connectivity index (χ2v) is 11.1. The molecule has 11 heteroatoms. The standard InChI is InChI=1S/C30H42N8O3/c1-22(2)29(39)30(40)37-14-12-36(13-15-37)27(32-4)7-6-23(3)26-18-25(21-38-28(26)24(19-31)20-33-38)41-17-16-35-10-8-34(5)9-11-35/h6-7,18,20-22,29,39H,4,8-17H2,1-3,5H3/b23-6+,27-7+/t29-/m1/s1. The van der Waals surface area contributed by atoms with Crippen molar-refractivity contribution in [1.82, 2.24) is 29.2 Å². The van der Waals surface area contributed by atoms with Crippen LogP contribution in [0.5, 0.6) is 5.75 Å². The number of ether oxygens (including phenoxy) is 1. The zero-order valence-electron chi connectivity index (χ0n) is 24.7. The zero-order chi connectivity index (χ0) is 29.5. The van der Waals surface area contributed by atoms with Gasteiger partial charge in [-0.3, -0.25) is 9.69 Å². The number of pyridine rings is 1. The molecule has 2 aliphatic rings. The summed E-state index contributed by atoms with van der Waals surface area (Å²) in [6.45, 7) is 17.2. The lowest BCUT2D eigenvalue weighted by Gasteiger charge is -2.37. The van der Waals surface area contributed by atoms with Crippen molar-refractivity contribution in [3.63, 3.8) is 0 Å². The maximum atomic E-state index is 12.5. The first-order valence-electron chi connectivity index (χ1n) is 14.2. The molecule has 0 aliphatic carbocycles. The Morgan fingerprint density at radius 2 is 1.85 bits per heavy atom. The summed E-state index contributed by atoms with van der Waals surface area (Å²) in [5.41, 5.74) is 3.00. The van der Waals surface area contributed by atoms with E-state index in [2.05, 4.69) is 44.6 Å². The van der Waals surface area contributed by atoms with Crippen molar-refractivity contribution < 1.29 is 14.6 Å². The van der Waals surface area contributed by atoms with E-state index in [0.717, 1.165) is 49.4 Å². The topological polar surface area (TPSA) is 113 Å². The summed E-state index contributed by atoms with van der Waals surface area (Å²) in [4.78, 5) is 25.3. The fraction of sp³-hybridized carbons (Fsp3) is 0.533. The number of carbonyl (C=O) groups is 1. The number of hydrogen-bond donors (Lipinski definition) is 1. The number of piperazine rings is 2. The molecule has 0 spiro atoms. The molecular formula is C30H42N8O3. The van der Waals surface area contributed by atoms with Crippen molar-refractivity contribution >= 4 is 23.7 Å². The Bertz CT molecular complexity index is 1330. The fourth-order valence-electron chi connectivity index (χ4n) is 5.10. The van der Waals surface area contributed by atoms with E-state index in [9.17, 15) is 15.2 Å². The number of hydrogen-bond acceptors (Lipinski definition) is 9. The third-order valence-corrected chi connectivity index (χ3v) is 7.85. The largest absolute Gasteiger partial charge is 0.491 e. The molecule has 220 valence electrons. The van der Waals surface area contributed by atoms with Gasteiger partial charge in [0.1, 0.15) is 30.4 Å². The third kappa shape index (κ3) is 7.33. The molecule has 1 amide bonds. The Balaban J connectivity index is 1.48. The smallest absolute Gasteiger partial charge is 0.251 e. The number of nitrogens with zero attached hydrogens (tertiary/aromatic N) is 8. The highest BCUT2D eigenvalue weighted by Gasteiger charge is 2.28. The Hall–Kier alpha value is -3.72. The van der Waals surface area contributed by atoms with Gasteiger partial charge in [0.25, 0.3) is 5.91 Å². The van der Waals surface area contributed by atoms with Gasteiger partial charge in [-0.05, 0) is 44.3 Å². The Kier molecular flexibility index (Phi) is 10.2. The second kappa shape index (κ2) is 13.8. The summed E-state index contributed by atoms with van der Waals surface area (Å²) in [6.07, 6.45) is 6.28. The van der Waals surface area contributed by atoms with Crippen LogP contribution >= 0.6 is 0 Å². The van der Waals surface area contributed by atoms with E-state index >= 15 is 0 Å². The first-order valence-corrected chi connectivity index (χ1v) is 14.2. The first-order chi connectivity index (χ1) is 19.7. The Labute approximate surface area is 242 Å². The van der Waals surface area contributed by atoms with Crippen LogP contribution in [-0.2, 0) is 4.79 Å². The van der Waals surface area contributed by atoms with Crippen molar-refractivity contribution in [1.29, 1.82) is 5.26 Å². The number of carbonyl (C=O) groups excluding carboxylic acids is 1. The van der Waals surface area contributed by atoms with Crippen LogP contribution in [0.2, 0.25) is 0 Å². The van der Waals surface area contributed by atoms with Crippen molar-refractivity contribution in [3.8, 4) is 11.8 Å². The Morgan fingerprint density at radius 1 is 1.17 bits per heavy atom. The number of aromatic nitrogens is 2. The third-order valence-electron chi connectivity index (χ3n) is 7.85. The number of aliphatic hydroxyl groups is 1. The molecule has 2 fully saturated rings. The van der Waals surface area contributed by atoms with Crippen LogP contribution < -0.4 is 4.74 Å². The molecule has 0 radical (unpaired) electrons. The van der Waals surface area contributed by atoms with Crippen LogP contribution in [0.1, 0.15) is 31.9 Å². The average molecular weight is 563 g/mol. The van der Waals surface area contributed by atoms with Gasteiger partial charge < -0.3 is 24.5 Å². The summed E-state index contributed by atoms with van der Waals surface area (Å²) < 4.78 is 7.85. The molecule has 1 atom stereocenters. The van der Waals surface area contributed by atoms with E-state index in [-0.39, 0.29) is 11.8 Å². The normalized spacial score (nSPS) is 18.6. The lowest BCUT2D eigenvalue weighted by atomic mass is 10.0. The molecular weight excluding hydrogens is 520 g/mol. The number of allylic oxidation sites excluding steroid dienone is 3. The highest BCUT2D eigenvalue weighted by Crippen LogP contribution is 2.28. The lowest BCUT2D eigenvalue weighted by Crippen LogP contribution is -2.51. The van der Waals surface area contributed by atoms with Gasteiger partial charge in [0.2, 0.25) is 0 Å². The summed E-state index contributed by atoms with van der Waals surface area (Å²) in [5.74, 6) is 1.04. The number of fused-ring (bicyclic) bond motifs is 1. The van der Waals surface area contributed by atoms with E-state index in [1.165, 1.54) is 0 Å². The molecule has 2 saturated heterocycles. The van der Waals surface area contributed by atoms with Gasteiger partial charge in [-0.1, -0.05) is 19.9 Å². The van der Waals surface area contributed by atoms with E-state index in [1.807, 2.05) is 45.2 Å². The predicted molar refractivity (Wildman–Crippen MR) is 160 cm³/mol. The van der Waals surface area contributed by atoms with E-state index in [4.69, 9.17) is 4.74 Å². The van der Waals surface area contributed by atoms with Gasteiger partial charge in [-0.2, -0.15) is 10.4 Å². The van der Waals surface area contributed by atoms with E-state index in [0.29, 0.717) is 49.9 Å². The molecule has 11 nitrogen and oxygen atoms in total. The number of nitriles is 1. The molecule has 0 bridgehead atoms. The molecule has 0 aromatic carbocycles. The molecule has 0 saturated carbocycles. The Morgan fingerprint density at radius 3 is 2.49 bits per heavy atom.